The molecule has 2 aromatic rings. The minimum Gasteiger partial charge on any atom is -0.490 e. The number of aryl methyl sites for hydroxylation is 1. The number of likely N-dealkylation sites (tertiary alicyclic amines) is 1. The molecule has 1 saturated heterocycles. The number of β-amino-alcohol motifs (C(OH)–C–C–N with tert-alkyl or cyclic N) is 1. The number of esters is 1. The summed E-state index contributed by atoms with van der Waals surface area (Å²) in [5.74, 6) is 0.334. The highest BCUT2D eigenvalue weighted by molar-refractivity contribution is 5.98. The highest BCUT2D eigenvalue weighted by atomic mass is 16.5. The average Bonchev–Trinajstić information content (AvgIpc) is 2.99. The van der Waals surface area contributed by atoms with E-state index in [9.17, 15) is 9.90 Å². The fourth-order valence-corrected chi connectivity index (χ4v) is 3.46. The number of aliphatic hydroxyl groups excluding tert-OH is 1. The van der Waals surface area contributed by atoms with Gasteiger partial charge in [-0.25, -0.2) is 4.79 Å². The average molecular weight is 361 g/mol. The molecule has 1 aliphatic heterocycles. The molecule has 0 aliphatic carbocycles. The van der Waals surface area contributed by atoms with Gasteiger partial charge in [-0.2, -0.15) is 0 Å². The third-order valence-electron chi connectivity index (χ3n) is 4.73. The number of hydrogen-bond donors (Lipinski definition) is 1. The highest BCUT2D eigenvalue weighted by Crippen LogP contribution is 2.33. The van der Waals surface area contributed by atoms with Crippen LogP contribution in [-0.4, -0.2) is 54.9 Å². The van der Waals surface area contributed by atoms with E-state index in [1.54, 1.807) is 13.0 Å². The molecule has 1 atom stereocenters. The van der Waals surface area contributed by atoms with Crippen LogP contribution in [0.5, 0.6) is 5.75 Å². The molecule has 0 amide bonds. The number of rotatable bonds is 7. The van der Waals surface area contributed by atoms with Crippen molar-refractivity contribution in [3.63, 3.8) is 0 Å². The van der Waals surface area contributed by atoms with Gasteiger partial charge < -0.3 is 23.9 Å². The van der Waals surface area contributed by atoms with Crippen molar-refractivity contribution in [1.29, 1.82) is 0 Å². The van der Waals surface area contributed by atoms with E-state index in [2.05, 4.69) is 4.90 Å². The summed E-state index contributed by atoms with van der Waals surface area (Å²) in [6.07, 6.45) is 3.10. The largest absolute Gasteiger partial charge is 0.490 e. The predicted octanol–water partition coefficient (Wildman–Crippen LogP) is 3.14. The molecule has 1 aliphatic rings. The van der Waals surface area contributed by atoms with E-state index < -0.39 is 12.1 Å². The SMILES string of the molecule is CCOC(=O)c1oc2cccc(OCC(O)CN3CCCCC3)c2c1C. The summed E-state index contributed by atoms with van der Waals surface area (Å²) >= 11 is 0. The molecule has 142 valence electrons. The van der Waals surface area contributed by atoms with Gasteiger partial charge in [-0.05, 0) is 51.9 Å². The van der Waals surface area contributed by atoms with Crippen molar-refractivity contribution >= 4 is 16.9 Å². The summed E-state index contributed by atoms with van der Waals surface area (Å²) in [5, 5.41) is 11.1. The summed E-state index contributed by atoms with van der Waals surface area (Å²) in [5.41, 5.74) is 1.27. The van der Waals surface area contributed by atoms with Crippen LogP contribution in [0.15, 0.2) is 22.6 Å². The zero-order valence-electron chi connectivity index (χ0n) is 15.5. The van der Waals surface area contributed by atoms with Crippen molar-refractivity contribution in [2.75, 3.05) is 32.8 Å². The number of piperidine rings is 1. The molecule has 1 aromatic carbocycles. The Bertz CT molecular complexity index is 748. The third-order valence-corrected chi connectivity index (χ3v) is 4.73. The van der Waals surface area contributed by atoms with Crippen LogP contribution in [0.3, 0.4) is 0 Å². The summed E-state index contributed by atoms with van der Waals surface area (Å²) in [7, 11) is 0. The second-order valence-electron chi connectivity index (χ2n) is 6.73. The molecule has 26 heavy (non-hydrogen) atoms. The molecule has 1 fully saturated rings. The maximum Gasteiger partial charge on any atom is 0.374 e. The van der Waals surface area contributed by atoms with E-state index >= 15 is 0 Å². The van der Waals surface area contributed by atoms with Gasteiger partial charge in [-0.3, -0.25) is 0 Å². The number of ether oxygens (including phenoxy) is 2. The van der Waals surface area contributed by atoms with Crippen molar-refractivity contribution < 1.29 is 23.8 Å². The van der Waals surface area contributed by atoms with Gasteiger partial charge >= 0.3 is 5.97 Å². The van der Waals surface area contributed by atoms with Gasteiger partial charge in [0.15, 0.2) is 0 Å². The molecule has 2 heterocycles. The summed E-state index contributed by atoms with van der Waals surface area (Å²) in [6.45, 7) is 6.76. The number of fused-ring (bicyclic) bond motifs is 1. The van der Waals surface area contributed by atoms with Crippen LogP contribution in [0.4, 0.5) is 0 Å². The molecule has 3 rings (SSSR count). The maximum absolute atomic E-state index is 12.0. The van der Waals surface area contributed by atoms with Gasteiger partial charge in [0.2, 0.25) is 5.76 Å². The van der Waals surface area contributed by atoms with Gasteiger partial charge in [0, 0.05) is 12.1 Å². The first-order chi connectivity index (χ1) is 12.6. The number of furan rings is 1. The molecular weight excluding hydrogens is 334 g/mol. The van der Waals surface area contributed by atoms with E-state index in [1.165, 1.54) is 19.3 Å². The van der Waals surface area contributed by atoms with Crippen molar-refractivity contribution in [2.45, 2.75) is 39.2 Å². The lowest BCUT2D eigenvalue weighted by Crippen LogP contribution is -2.38. The van der Waals surface area contributed by atoms with Crippen molar-refractivity contribution in [3.05, 3.63) is 29.5 Å². The normalized spacial score (nSPS) is 16.6. The second-order valence-corrected chi connectivity index (χ2v) is 6.73. The standard InChI is InChI=1S/C20H27NO5/c1-3-24-20(23)19-14(2)18-16(8-7-9-17(18)26-19)25-13-15(22)12-21-10-5-4-6-11-21/h7-9,15,22H,3-6,10-13H2,1-2H3. The number of nitrogens with zero attached hydrogens (tertiary/aromatic N) is 1. The van der Waals surface area contributed by atoms with Gasteiger partial charge in [-0.1, -0.05) is 12.5 Å². The Kier molecular flexibility index (Phi) is 6.16. The Morgan fingerprint density at radius 3 is 2.81 bits per heavy atom. The number of carbonyl (C=O) groups excluding carboxylic acids is 1. The molecule has 6 heteroatoms. The van der Waals surface area contributed by atoms with Crippen LogP contribution in [0.25, 0.3) is 11.0 Å². The van der Waals surface area contributed by atoms with Crippen LogP contribution in [0.1, 0.15) is 42.3 Å². The smallest absolute Gasteiger partial charge is 0.374 e. The molecule has 0 saturated carbocycles. The first-order valence-corrected chi connectivity index (χ1v) is 9.32. The van der Waals surface area contributed by atoms with Gasteiger partial charge in [0.25, 0.3) is 0 Å². The topological polar surface area (TPSA) is 72.1 Å². The Labute approximate surface area is 153 Å². The number of carbonyl (C=O) groups is 1. The molecule has 0 bridgehead atoms. The van der Waals surface area contributed by atoms with Crippen molar-refractivity contribution in [3.8, 4) is 5.75 Å². The Morgan fingerprint density at radius 1 is 1.31 bits per heavy atom. The quantitative estimate of drug-likeness (QED) is 0.764. The van der Waals surface area contributed by atoms with Crippen molar-refractivity contribution in [1.82, 2.24) is 4.90 Å². The van der Waals surface area contributed by atoms with Crippen LogP contribution in [0.2, 0.25) is 0 Å². The minimum absolute atomic E-state index is 0.201. The summed E-state index contributed by atoms with van der Waals surface area (Å²) < 4.78 is 16.6. The van der Waals surface area contributed by atoms with Crippen molar-refractivity contribution in [2.24, 2.45) is 0 Å². The second kappa shape index (κ2) is 8.56. The molecule has 1 N–H and O–H groups in total. The summed E-state index contributed by atoms with van der Waals surface area (Å²) in [4.78, 5) is 14.3. The van der Waals surface area contributed by atoms with Gasteiger partial charge in [0.05, 0.1) is 12.0 Å². The van der Waals surface area contributed by atoms with Gasteiger partial charge in [-0.15, -0.1) is 0 Å². The van der Waals surface area contributed by atoms with E-state index in [-0.39, 0.29) is 12.4 Å². The molecular formula is C20H27NO5. The third kappa shape index (κ3) is 4.19. The van der Waals surface area contributed by atoms with E-state index in [1.807, 2.05) is 19.1 Å². The maximum atomic E-state index is 12.0. The predicted molar refractivity (Wildman–Crippen MR) is 98.7 cm³/mol. The Morgan fingerprint density at radius 2 is 2.08 bits per heavy atom. The lowest BCUT2D eigenvalue weighted by molar-refractivity contribution is 0.0491. The number of aliphatic hydroxyl groups is 1. The highest BCUT2D eigenvalue weighted by Gasteiger charge is 2.22. The van der Waals surface area contributed by atoms with E-state index in [0.29, 0.717) is 30.0 Å². The van der Waals surface area contributed by atoms with Crippen LogP contribution >= 0.6 is 0 Å². The van der Waals surface area contributed by atoms with Crippen LogP contribution in [-0.2, 0) is 4.74 Å². The zero-order chi connectivity index (χ0) is 18.5. The van der Waals surface area contributed by atoms with Gasteiger partial charge in [0.1, 0.15) is 24.0 Å². The zero-order valence-corrected chi connectivity index (χ0v) is 15.5. The first-order valence-electron chi connectivity index (χ1n) is 9.32. The Hall–Kier alpha value is -2.05. The molecule has 1 aromatic heterocycles. The molecule has 1 unspecified atom stereocenters. The minimum atomic E-state index is -0.555. The molecule has 0 radical (unpaired) electrons. The summed E-state index contributed by atoms with van der Waals surface area (Å²) in [6, 6.07) is 5.43. The molecule has 0 spiro atoms. The van der Waals surface area contributed by atoms with Crippen LogP contribution in [0, 0.1) is 6.92 Å². The number of benzene rings is 1. The van der Waals surface area contributed by atoms with E-state index in [0.717, 1.165) is 18.5 Å². The lowest BCUT2D eigenvalue weighted by Gasteiger charge is -2.28. The Balaban J connectivity index is 1.70. The van der Waals surface area contributed by atoms with Crippen LogP contribution < -0.4 is 4.74 Å². The monoisotopic (exact) mass is 361 g/mol. The lowest BCUT2D eigenvalue weighted by atomic mass is 10.1. The number of hydrogen-bond acceptors (Lipinski definition) is 6. The van der Waals surface area contributed by atoms with E-state index in [4.69, 9.17) is 13.9 Å². The first kappa shape index (κ1) is 18.7. The fraction of sp³-hybridized carbons (Fsp3) is 0.550. The molecule has 6 nitrogen and oxygen atoms in total. The fourth-order valence-electron chi connectivity index (χ4n) is 3.46.